The molecule has 0 saturated carbocycles. The smallest absolute Gasteiger partial charge is 0.276 e. The Morgan fingerprint density at radius 2 is 1.81 bits per heavy atom. The van der Waals surface area contributed by atoms with Crippen molar-refractivity contribution < 1.29 is 17.6 Å². The molecule has 2 aliphatic rings. The second kappa shape index (κ2) is 14.6. The van der Waals surface area contributed by atoms with E-state index in [-0.39, 0.29) is 46.1 Å². The number of anilines is 1. The highest BCUT2D eigenvalue weighted by molar-refractivity contribution is 7.91. The molecule has 17 heteroatoms. The Morgan fingerprint density at radius 3 is 2.47 bits per heavy atom. The molecule has 4 aromatic heterocycles. The quantitative estimate of drug-likeness (QED) is 0.121. The highest BCUT2D eigenvalue weighted by Crippen LogP contribution is 2.45. The van der Waals surface area contributed by atoms with Crippen molar-refractivity contribution in [3.05, 3.63) is 72.2 Å². The molecular weight excluding hydrogens is 700 g/mol. The second-order valence-electron chi connectivity index (χ2n) is 13.9. The fraction of sp³-hybridized carbons (Fsp3) is 0.417. The highest BCUT2D eigenvalue weighted by Gasteiger charge is 2.46. The number of piperidine rings is 1. The first-order valence-electron chi connectivity index (χ1n) is 17.7. The fourth-order valence-electron chi connectivity index (χ4n) is 7.52. The summed E-state index contributed by atoms with van der Waals surface area (Å²) in [5.74, 6) is -0.435. The first-order valence-corrected chi connectivity index (χ1v) is 19.6. The van der Waals surface area contributed by atoms with Gasteiger partial charge in [-0.1, -0.05) is 18.2 Å². The molecule has 2 saturated heterocycles. The summed E-state index contributed by atoms with van der Waals surface area (Å²) in [6.45, 7) is 4.04. The van der Waals surface area contributed by atoms with Crippen LogP contribution in [0.25, 0.3) is 28.0 Å². The Hall–Kier alpha value is -5.29. The van der Waals surface area contributed by atoms with Crippen LogP contribution in [0.3, 0.4) is 0 Å². The van der Waals surface area contributed by atoms with Crippen LogP contribution in [0.4, 0.5) is 10.2 Å². The number of aliphatic imine (C=N–C) groups is 1. The summed E-state index contributed by atoms with van der Waals surface area (Å²) in [5.41, 5.74) is 9.66. The van der Waals surface area contributed by atoms with Crippen molar-refractivity contribution in [2.24, 2.45) is 4.99 Å². The number of nitrogens with zero attached hydrogens (tertiary/aromatic N) is 10. The van der Waals surface area contributed by atoms with Gasteiger partial charge in [-0.15, -0.1) is 9.90 Å². The number of carbonyl (C=O) groups is 1. The normalized spacial score (nSPS) is 19.0. The zero-order chi connectivity index (χ0) is 37.4. The molecule has 3 N–H and O–H groups in total. The number of sulfone groups is 1. The van der Waals surface area contributed by atoms with Crippen LogP contribution in [0.1, 0.15) is 61.1 Å². The van der Waals surface area contributed by atoms with E-state index in [1.807, 2.05) is 25.9 Å². The minimum absolute atomic E-state index is 0.0305. The number of fused-ring (bicyclic) bond motifs is 3. The first kappa shape index (κ1) is 36.1. The van der Waals surface area contributed by atoms with Crippen LogP contribution in [-0.4, -0.2) is 117 Å². The number of rotatable bonds is 10. The lowest BCUT2D eigenvalue weighted by molar-refractivity contribution is 0.0561. The van der Waals surface area contributed by atoms with Crippen molar-refractivity contribution in [3.8, 4) is 22.4 Å². The summed E-state index contributed by atoms with van der Waals surface area (Å²) in [6.07, 6.45) is 9.20. The van der Waals surface area contributed by atoms with Crippen LogP contribution < -0.4 is 11.1 Å². The third kappa shape index (κ3) is 7.10. The molecule has 53 heavy (non-hydrogen) atoms. The van der Waals surface area contributed by atoms with E-state index in [0.29, 0.717) is 65.6 Å². The predicted molar refractivity (Wildman–Crippen MR) is 199 cm³/mol. The van der Waals surface area contributed by atoms with Crippen molar-refractivity contribution in [3.63, 3.8) is 0 Å². The van der Waals surface area contributed by atoms with Gasteiger partial charge in [0.15, 0.2) is 21.2 Å². The minimum Gasteiger partial charge on any atom is -0.382 e. The molecule has 2 fully saturated rings. The van der Waals surface area contributed by atoms with Crippen LogP contribution in [0, 0.1) is 5.82 Å². The number of halogens is 1. The lowest BCUT2D eigenvalue weighted by Gasteiger charge is -2.38. The molecule has 0 aliphatic carbocycles. The molecule has 7 rings (SSSR count). The Balaban J connectivity index is 1.15. The molecular formula is C36H43FN12O3S. The Labute approximate surface area is 307 Å². The number of benzene rings is 1. The zero-order valence-electron chi connectivity index (χ0n) is 30.1. The summed E-state index contributed by atoms with van der Waals surface area (Å²) in [4.78, 5) is 33.2. The van der Waals surface area contributed by atoms with E-state index in [0.717, 1.165) is 32.1 Å². The number of nitrogens with one attached hydrogen (secondary N) is 1. The van der Waals surface area contributed by atoms with Gasteiger partial charge in [0.1, 0.15) is 16.5 Å². The fourth-order valence-corrected chi connectivity index (χ4v) is 8.58. The Kier molecular flexibility index (Phi) is 9.95. The van der Waals surface area contributed by atoms with Gasteiger partial charge in [0, 0.05) is 60.2 Å². The monoisotopic (exact) mass is 742 g/mol. The molecule has 3 atom stereocenters. The Morgan fingerprint density at radius 1 is 1.06 bits per heavy atom. The molecule has 2 aliphatic heterocycles. The maximum absolute atomic E-state index is 14.4. The van der Waals surface area contributed by atoms with Crippen molar-refractivity contribution in [2.45, 2.75) is 61.9 Å². The molecule has 6 heterocycles. The number of hydrogen-bond donors (Lipinski definition) is 2. The third-order valence-electron chi connectivity index (χ3n) is 9.89. The number of carbonyl (C=O) groups excluding carboxylic acids is 1. The lowest BCUT2D eigenvalue weighted by atomic mass is 9.87. The van der Waals surface area contributed by atoms with Gasteiger partial charge in [0.2, 0.25) is 5.96 Å². The number of amides is 1. The van der Waals surface area contributed by atoms with Crippen LogP contribution >= 0.6 is 0 Å². The number of nitrogen functional groups attached to an aromatic ring is 1. The standard InChI is InChI=1S/C36H43FN12O3S/c1-5-39-36(40-15-8-16-46(2)3)49-43-21-30(45-49)35(50)47-24-12-13-25(47)18-23(17-24)31-32(53(4,51)52)33(38)48-34(44-31)27(20-42-48)22-11-14-29(41-19-22)26-9-6-7-10-28(26)37/h6-7,9-11,14,19-21,23-25H,5,8,12-13,15-18,38H2,1-4H3,(H,39,40)/t23?,24-,25+. The van der Waals surface area contributed by atoms with Crippen molar-refractivity contribution in [2.75, 3.05) is 45.7 Å². The van der Waals surface area contributed by atoms with E-state index in [9.17, 15) is 17.6 Å². The maximum atomic E-state index is 14.4. The van der Waals surface area contributed by atoms with Gasteiger partial charge >= 0.3 is 0 Å². The minimum atomic E-state index is -3.83. The van der Waals surface area contributed by atoms with E-state index in [1.165, 1.54) is 21.6 Å². The molecule has 15 nitrogen and oxygen atoms in total. The molecule has 1 amide bonds. The van der Waals surface area contributed by atoms with E-state index in [2.05, 4.69) is 35.5 Å². The van der Waals surface area contributed by atoms with E-state index in [1.54, 1.807) is 42.7 Å². The van der Waals surface area contributed by atoms with E-state index < -0.39 is 9.84 Å². The molecule has 278 valence electrons. The van der Waals surface area contributed by atoms with Gasteiger partial charge in [0.25, 0.3) is 5.91 Å². The topological polar surface area (TPSA) is 182 Å². The van der Waals surface area contributed by atoms with Crippen LogP contribution in [0.15, 0.2) is 64.9 Å². The SMILES string of the molecule is CC/N=C(/NCCCN(C)C)n1ncc(C(=O)N2[C@@H]3CC[C@H]2CC(c2nc4c(-c5ccc(-c6ccccc6F)nc5)cnn4c(N)c2S(C)(=O)=O)C3)n1. The molecule has 2 bridgehead atoms. The van der Waals surface area contributed by atoms with Crippen molar-refractivity contribution in [1.82, 2.24) is 49.7 Å². The summed E-state index contributed by atoms with van der Waals surface area (Å²) >= 11 is 0. The van der Waals surface area contributed by atoms with E-state index >= 15 is 0 Å². The summed E-state index contributed by atoms with van der Waals surface area (Å²) < 4.78 is 42.3. The molecule has 1 unspecified atom stereocenters. The van der Waals surface area contributed by atoms with Gasteiger partial charge in [-0.3, -0.25) is 14.8 Å². The molecule has 0 radical (unpaired) electrons. The van der Waals surface area contributed by atoms with Gasteiger partial charge in [0.05, 0.1) is 23.8 Å². The largest absolute Gasteiger partial charge is 0.382 e. The maximum Gasteiger partial charge on any atom is 0.276 e. The molecule has 5 aromatic rings. The summed E-state index contributed by atoms with van der Waals surface area (Å²) in [7, 11) is 0.210. The average molecular weight is 743 g/mol. The highest BCUT2D eigenvalue weighted by atomic mass is 32.2. The molecule has 1 aromatic carbocycles. The van der Waals surface area contributed by atoms with Crippen molar-refractivity contribution >= 4 is 33.2 Å². The number of nitrogens with two attached hydrogens (primary N) is 1. The van der Waals surface area contributed by atoms with E-state index in [4.69, 9.17) is 10.7 Å². The average Bonchev–Trinajstić information content (AvgIpc) is 3.85. The number of hydrogen-bond acceptors (Lipinski definition) is 11. The summed E-state index contributed by atoms with van der Waals surface area (Å²) in [5, 5.41) is 16.6. The first-order chi connectivity index (χ1) is 25.4. The second-order valence-corrected chi connectivity index (χ2v) is 15.8. The Bertz CT molecular complexity index is 2270. The van der Waals surface area contributed by atoms with Gasteiger partial charge < -0.3 is 20.9 Å². The van der Waals surface area contributed by atoms with Crippen molar-refractivity contribution in [1.29, 1.82) is 0 Å². The van der Waals surface area contributed by atoms with Crippen LogP contribution in [0.2, 0.25) is 0 Å². The predicted octanol–water partition coefficient (Wildman–Crippen LogP) is 3.49. The van der Waals surface area contributed by atoms with Gasteiger partial charge in [-0.2, -0.15) is 14.7 Å². The van der Waals surface area contributed by atoms with Crippen LogP contribution in [0.5, 0.6) is 0 Å². The zero-order valence-corrected chi connectivity index (χ0v) is 31.0. The third-order valence-corrected chi connectivity index (χ3v) is 11.0. The number of aromatic nitrogens is 7. The van der Waals surface area contributed by atoms with Gasteiger partial charge in [-0.25, -0.2) is 17.8 Å². The summed E-state index contributed by atoms with van der Waals surface area (Å²) in [6, 6.07) is 9.61. The van der Waals surface area contributed by atoms with Crippen LogP contribution in [-0.2, 0) is 9.84 Å². The number of pyridine rings is 1. The molecule has 0 spiro atoms. The lowest BCUT2D eigenvalue weighted by Crippen LogP contribution is -2.46. The van der Waals surface area contributed by atoms with Gasteiger partial charge in [-0.05, 0) is 77.9 Å².